The summed E-state index contributed by atoms with van der Waals surface area (Å²) in [5, 5.41) is 20.2. The molecule has 5 heteroatoms. The molecule has 0 aromatic carbocycles. The number of fused-ring (bicyclic) bond motifs is 6. The summed E-state index contributed by atoms with van der Waals surface area (Å²) >= 11 is 0. The fraction of sp³-hybridized carbons (Fsp3) is 0.733. The van der Waals surface area contributed by atoms with E-state index in [0.717, 1.165) is 43.3 Å². The van der Waals surface area contributed by atoms with Gasteiger partial charge in [0, 0.05) is 17.8 Å². The molecule has 35 heavy (non-hydrogen) atoms. The van der Waals surface area contributed by atoms with Crippen LogP contribution < -0.4 is 0 Å². The maximum absolute atomic E-state index is 14.1. The van der Waals surface area contributed by atoms with Crippen LogP contribution in [-0.4, -0.2) is 22.6 Å². The molecule has 1 unspecified atom stereocenters. The molecule has 0 amide bonds. The normalized spacial score (nSPS) is 43.7. The van der Waals surface area contributed by atoms with Crippen molar-refractivity contribution in [3.05, 3.63) is 22.8 Å². The van der Waals surface area contributed by atoms with Crippen LogP contribution in [0.1, 0.15) is 92.9 Å². The van der Waals surface area contributed by atoms with Crippen LogP contribution in [0, 0.1) is 56.2 Å². The number of carbonyl (C=O) groups excluding carboxylic acids is 2. The molecule has 0 aromatic heterocycles. The van der Waals surface area contributed by atoms with Gasteiger partial charge in [0.05, 0.1) is 11.0 Å². The van der Waals surface area contributed by atoms with Crippen LogP contribution in [0.4, 0.5) is 0 Å². The minimum atomic E-state index is -0.805. The first-order valence-corrected chi connectivity index (χ1v) is 13.3. The number of carboxylic acids is 1. The summed E-state index contributed by atoms with van der Waals surface area (Å²) in [7, 11) is 0. The molecule has 6 atom stereocenters. The van der Waals surface area contributed by atoms with Crippen molar-refractivity contribution in [1.29, 1.82) is 5.26 Å². The van der Waals surface area contributed by atoms with Gasteiger partial charge < -0.3 is 5.11 Å². The quantitative estimate of drug-likeness (QED) is 0.496. The number of hydrogen-bond donors (Lipinski definition) is 1. The molecule has 0 aromatic rings. The van der Waals surface area contributed by atoms with E-state index in [1.807, 2.05) is 13.8 Å². The van der Waals surface area contributed by atoms with Crippen molar-refractivity contribution in [2.75, 3.05) is 0 Å². The highest BCUT2D eigenvalue weighted by Gasteiger charge is 2.69. The highest BCUT2D eigenvalue weighted by atomic mass is 16.4. The number of carbonyl (C=O) groups is 3. The van der Waals surface area contributed by atoms with Gasteiger partial charge in [0.1, 0.15) is 11.9 Å². The summed E-state index contributed by atoms with van der Waals surface area (Å²) in [6, 6.07) is 2.12. The van der Waals surface area contributed by atoms with Crippen molar-refractivity contribution < 1.29 is 19.5 Å². The maximum Gasteiger partial charge on any atom is 0.309 e. The van der Waals surface area contributed by atoms with Crippen molar-refractivity contribution in [3.63, 3.8) is 0 Å². The molecule has 5 aliphatic rings. The van der Waals surface area contributed by atoms with E-state index in [9.17, 15) is 24.8 Å². The monoisotopic (exact) mass is 477 g/mol. The lowest BCUT2D eigenvalue weighted by atomic mass is 9.36. The SMILES string of the molecule is CC1(C)CC[C@]2(C(=O)O)CC[C@]3(C)[C@H](C(=O)CC4=C5C=C(C#N)C(=O)C(C)(C)C5CC[C@]43C)[C@H]2C1. The van der Waals surface area contributed by atoms with Gasteiger partial charge in [-0.2, -0.15) is 5.26 Å². The molecule has 0 aliphatic heterocycles. The largest absolute Gasteiger partial charge is 0.481 e. The second kappa shape index (κ2) is 7.17. The smallest absolute Gasteiger partial charge is 0.309 e. The number of aliphatic carboxylic acids is 1. The standard InChI is InChI=1S/C30H39NO4/c1-26(2)9-11-30(25(34)35)12-10-29(6)23(21(30)15-26)22(32)14-20-18-13-17(16-31)24(33)27(3,4)19(18)7-8-28(20,29)5/h13,19,21,23H,7-12,14-15H2,1-6H3,(H,34,35)/t19?,21-,23+,28-,29-,30+/m1/s1. The number of nitrogens with zero attached hydrogens (tertiary/aromatic N) is 1. The molecule has 0 bridgehead atoms. The van der Waals surface area contributed by atoms with Gasteiger partial charge in [0.2, 0.25) is 0 Å². The molecule has 5 aliphatic carbocycles. The van der Waals surface area contributed by atoms with Crippen LogP contribution in [0.3, 0.4) is 0 Å². The summed E-state index contributed by atoms with van der Waals surface area (Å²) in [5.74, 6) is -1.06. The maximum atomic E-state index is 14.1. The predicted octanol–water partition coefficient (Wildman–Crippen LogP) is 6.04. The summed E-state index contributed by atoms with van der Waals surface area (Å²) < 4.78 is 0. The summed E-state index contributed by atoms with van der Waals surface area (Å²) in [6.07, 6.45) is 7.49. The van der Waals surface area contributed by atoms with Crippen molar-refractivity contribution >= 4 is 17.5 Å². The van der Waals surface area contributed by atoms with Crippen LogP contribution >= 0.6 is 0 Å². The van der Waals surface area contributed by atoms with Crippen molar-refractivity contribution in [2.45, 2.75) is 92.9 Å². The number of carboxylic acid groups (broad SMARTS) is 1. The first kappa shape index (κ1) is 24.5. The van der Waals surface area contributed by atoms with Gasteiger partial charge >= 0.3 is 5.97 Å². The van der Waals surface area contributed by atoms with E-state index in [2.05, 4.69) is 33.8 Å². The van der Waals surface area contributed by atoms with Crippen molar-refractivity contribution in [2.24, 2.45) is 44.8 Å². The first-order valence-electron chi connectivity index (χ1n) is 13.3. The van der Waals surface area contributed by atoms with E-state index in [1.165, 1.54) is 0 Å². The summed E-state index contributed by atoms with van der Waals surface area (Å²) in [6.45, 7) is 12.8. The van der Waals surface area contributed by atoms with E-state index in [1.54, 1.807) is 6.08 Å². The van der Waals surface area contributed by atoms with Crippen LogP contribution in [0.25, 0.3) is 0 Å². The topological polar surface area (TPSA) is 95.2 Å². The van der Waals surface area contributed by atoms with E-state index < -0.39 is 16.8 Å². The molecular weight excluding hydrogens is 438 g/mol. The third-order valence-electron chi connectivity index (χ3n) is 11.7. The Bertz CT molecular complexity index is 1150. The van der Waals surface area contributed by atoms with Crippen LogP contribution in [0.5, 0.6) is 0 Å². The predicted molar refractivity (Wildman–Crippen MR) is 132 cm³/mol. The fourth-order valence-electron chi connectivity index (χ4n) is 9.27. The molecule has 3 fully saturated rings. The van der Waals surface area contributed by atoms with Gasteiger partial charge in [-0.1, -0.05) is 47.1 Å². The van der Waals surface area contributed by atoms with Gasteiger partial charge in [-0.3, -0.25) is 14.4 Å². The number of Topliss-reactive ketones (excluding diaryl/α,β-unsaturated/α-hetero) is 2. The van der Waals surface area contributed by atoms with Crippen molar-refractivity contribution in [1.82, 2.24) is 0 Å². The van der Waals surface area contributed by atoms with Gasteiger partial charge in [-0.25, -0.2) is 0 Å². The summed E-state index contributed by atoms with van der Waals surface area (Å²) in [4.78, 5) is 39.9. The fourth-order valence-corrected chi connectivity index (χ4v) is 9.27. The van der Waals surface area contributed by atoms with Gasteiger partial charge in [-0.15, -0.1) is 0 Å². The summed E-state index contributed by atoms with van der Waals surface area (Å²) in [5.41, 5.74) is 0.313. The zero-order valence-electron chi connectivity index (χ0n) is 22.1. The highest BCUT2D eigenvalue weighted by Crippen LogP contribution is 2.72. The molecule has 0 spiro atoms. The Kier molecular flexibility index (Phi) is 5.02. The van der Waals surface area contributed by atoms with Crippen LogP contribution in [0.2, 0.25) is 0 Å². The van der Waals surface area contributed by atoms with Gasteiger partial charge in [0.25, 0.3) is 0 Å². The number of nitriles is 1. The van der Waals surface area contributed by atoms with E-state index >= 15 is 0 Å². The number of rotatable bonds is 1. The van der Waals surface area contributed by atoms with Crippen molar-refractivity contribution in [3.8, 4) is 6.07 Å². The third-order valence-corrected chi connectivity index (χ3v) is 11.7. The lowest BCUT2D eigenvalue weighted by molar-refractivity contribution is -0.189. The van der Waals surface area contributed by atoms with Gasteiger partial charge in [0.15, 0.2) is 5.78 Å². The average Bonchev–Trinajstić information content (AvgIpc) is 2.76. The highest BCUT2D eigenvalue weighted by molar-refractivity contribution is 6.05. The molecule has 0 saturated heterocycles. The number of allylic oxidation sites excluding steroid dienone is 4. The number of hydrogen-bond acceptors (Lipinski definition) is 4. The van der Waals surface area contributed by atoms with E-state index in [-0.39, 0.29) is 51.1 Å². The zero-order valence-corrected chi connectivity index (χ0v) is 22.1. The van der Waals surface area contributed by atoms with Gasteiger partial charge in [-0.05, 0) is 84.7 Å². The molecule has 1 N–H and O–H groups in total. The second-order valence-corrected chi connectivity index (χ2v) is 14.1. The lowest BCUT2D eigenvalue weighted by Gasteiger charge is -2.66. The van der Waals surface area contributed by atoms with Crippen LogP contribution in [0.15, 0.2) is 22.8 Å². The molecule has 3 saturated carbocycles. The molecule has 5 nitrogen and oxygen atoms in total. The lowest BCUT2D eigenvalue weighted by Crippen LogP contribution is -2.64. The Labute approximate surface area is 209 Å². The first-order chi connectivity index (χ1) is 16.1. The third kappa shape index (κ3) is 2.95. The molecule has 5 rings (SSSR count). The Morgan fingerprint density at radius 1 is 1.03 bits per heavy atom. The number of ketones is 2. The Hall–Kier alpha value is -2.22. The Balaban J connectivity index is 1.69. The molecule has 0 radical (unpaired) electrons. The Morgan fingerprint density at radius 3 is 2.31 bits per heavy atom. The zero-order chi connectivity index (χ0) is 25.8. The van der Waals surface area contributed by atoms with Crippen LogP contribution in [-0.2, 0) is 14.4 Å². The second-order valence-electron chi connectivity index (χ2n) is 14.1. The average molecular weight is 478 g/mol. The minimum Gasteiger partial charge on any atom is -0.481 e. The molecular formula is C30H39NO4. The Morgan fingerprint density at radius 2 is 1.69 bits per heavy atom. The van der Waals surface area contributed by atoms with E-state index in [0.29, 0.717) is 19.3 Å². The molecule has 0 heterocycles. The van der Waals surface area contributed by atoms with E-state index in [4.69, 9.17) is 0 Å². The minimum absolute atomic E-state index is 0.0124. The molecule has 188 valence electrons.